The van der Waals surface area contributed by atoms with E-state index in [2.05, 4.69) is 0 Å². The molecule has 0 saturated carbocycles. The van der Waals surface area contributed by atoms with E-state index in [9.17, 15) is 9.59 Å². The van der Waals surface area contributed by atoms with E-state index in [1.807, 2.05) is 24.3 Å². The molecule has 0 radical (unpaired) electrons. The minimum Gasteiger partial charge on any atom is -0.497 e. The molecule has 0 aliphatic heterocycles. The number of ketones is 1. The van der Waals surface area contributed by atoms with Crippen LogP contribution in [0, 0.1) is 0 Å². The third-order valence-electron chi connectivity index (χ3n) is 2.71. The lowest BCUT2D eigenvalue weighted by Crippen LogP contribution is -2.08. The highest BCUT2D eigenvalue weighted by Crippen LogP contribution is 2.12. The Morgan fingerprint density at radius 3 is 2.37 bits per heavy atom. The number of carbonyl (C=O) groups excluding carboxylic acids is 2. The average molecular weight is 264 g/mol. The quantitative estimate of drug-likeness (QED) is 0.535. The van der Waals surface area contributed by atoms with E-state index < -0.39 is 0 Å². The fraction of sp³-hybridized carbons (Fsp3) is 0.467. The van der Waals surface area contributed by atoms with E-state index in [0.29, 0.717) is 32.3 Å². The van der Waals surface area contributed by atoms with Crippen LogP contribution in [0.1, 0.15) is 31.7 Å². The average Bonchev–Trinajstić information content (AvgIpc) is 2.41. The van der Waals surface area contributed by atoms with Crippen molar-refractivity contribution in [1.29, 1.82) is 0 Å². The minimum atomic E-state index is -0.223. The molecule has 1 aromatic rings. The van der Waals surface area contributed by atoms with Crippen LogP contribution in [0.3, 0.4) is 0 Å². The molecule has 4 nitrogen and oxygen atoms in total. The molecule has 1 aromatic carbocycles. The van der Waals surface area contributed by atoms with Crippen LogP contribution in [0.15, 0.2) is 24.3 Å². The van der Waals surface area contributed by atoms with Crippen LogP contribution in [0.2, 0.25) is 0 Å². The van der Waals surface area contributed by atoms with Crippen LogP contribution in [-0.2, 0) is 20.7 Å². The van der Waals surface area contributed by atoms with Gasteiger partial charge < -0.3 is 14.3 Å². The van der Waals surface area contributed by atoms with Gasteiger partial charge >= 0.3 is 5.97 Å². The van der Waals surface area contributed by atoms with Gasteiger partial charge in [0.25, 0.3) is 0 Å². The standard InChI is InChI=1S/C15H20O4/c1-12(16)4-3-11-19-15(17)10-7-13-5-8-14(18-2)9-6-13/h5-6,8-9H,3-4,7,10-11H2,1-2H3. The fourth-order valence-electron chi connectivity index (χ4n) is 1.62. The second-order valence-electron chi connectivity index (χ2n) is 4.37. The molecular weight excluding hydrogens is 244 g/mol. The zero-order valence-corrected chi connectivity index (χ0v) is 11.5. The van der Waals surface area contributed by atoms with Gasteiger partial charge in [0.2, 0.25) is 0 Å². The summed E-state index contributed by atoms with van der Waals surface area (Å²) in [7, 11) is 1.62. The molecule has 0 unspecified atom stereocenters. The molecule has 0 saturated heterocycles. The maximum atomic E-state index is 11.5. The Bertz CT molecular complexity index is 409. The van der Waals surface area contributed by atoms with Gasteiger partial charge in [-0.2, -0.15) is 0 Å². The Hall–Kier alpha value is -1.84. The van der Waals surface area contributed by atoms with E-state index in [4.69, 9.17) is 9.47 Å². The minimum absolute atomic E-state index is 0.120. The largest absolute Gasteiger partial charge is 0.497 e. The maximum Gasteiger partial charge on any atom is 0.306 e. The number of aryl methyl sites for hydroxylation is 1. The van der Waals surface area contributed by atoms with Crippen molar-refractivity contribution >= 4 is 11.8 Å². The summed E-state index contributed by atoms with van der Waals surface area (Å²) in [5, 5.41) is 0. The second kappa shape index (κ2) is 8.29. The highest BCUT2D eigenvalue weighted by atomic mass is 16.5. The molecule has 0 bridgehead atoms. The number of hydrogen-bond acceptors (Lipinski definition) is 4. The Balaban J connectivity index is 2.20. The predicted octanol–water partition coefficient (Wildman–Crippen LogP) is 2.54. The van der Waals surface area contributed by atoms with Gasteiger partial charge in [-0.3, -0.25) is 4.79 Å². The lowest BCUT2D eigenvalue weighted by atomic mass is 10.1. The fourth-order valence-corrected chi connectivity index (χ4v) is 1.62. The van der Waals surface area contributed by atoms with Crippen molar-refractivity contribution in [3.05, 3.63) is 29.8 Å². The Kier molecular flexibility index (Phi) is 6.64. The van der Waals surface area contributed by atoms with Gasteiger partial charge in [0.05, 0.1) is 13.7 Å². The number of benzene rings is 1. The van der Waals surface area contributed by atoms with Gasteiger partial charge in [-0.05, 0) is 37.5 Å². The maximum absolute atomic E-state index is 11.5. The van der Waals surface area contributed by atoms with Crippen molar-refractivity contribution in [1.82, 2.24) is 0 Å². The highest BCUT2D eigenvalue weighted by Gasteiger charge is 2.04. The molecule has 1 rings (SSSR count). The first-order chi connectivity index (χ1) is 9.11. The van der Waals surface area contributed by atoms with Crippen molar-refractivity contribution in [3.63, 3.8) is 0 Å². The second-order valence-corrected chi connectivity index (χ2v) is 4.37. The molecule has 0 amide bonds. The lowest BCUT2D eigenvalue weighted by molar-refractivity contribution is -0.144. The van der Waals surface area contributed by atoms with Crippen molar-refractivity contribution in [2.45, 2.75) is 32.6 Å². The molecule has 0 aliphatic rings. The summed E-state index contributed by atoms with van der Waals surface area (Å²) in [6, 6.07) is 7.60. The highest BCUT2D eigenvalue weighted by molar-refractivity contribution is 5.75. The summed E-state index contributed by atoms with van der Waals surface area (Å²) in [5.74, 6) is 0.698. The van der Waals surface area contributed by atoms with E-state index in [0.717, 1.165) is 11.3 Å². The van der Waals surface area contributed by atoms with Gasteiger partial charge in [-0.1, -0.05) is 12.1 Å². The molecule has 0 aromatic heterocycles. The molecular formula is C15H20O4. The smallest absolute Gasteiger partial charge is 0.306 e. The molecule has 19 heavy (non-hydrogen) atoms. The number of ether oxygens (including phenoxy) is 2. The van der Waals surface area contributed by atoms with Crippen LogP contribution in [0.4, 0.5) is 0 Å². The Morgan fingerprint density at radius 2 is 1.79 bits per heavy atom. The first-order valence-electron chi connectivity index (χ1n) is 6.40. The molecule has 0 spiro atoms. The van der Waals surface area contributed by atoms with E-state index in [1.54, 1.807) is 7.11 Å². The van der Waals surface area contributed by atoms with E-state index >= 15 is 0 Å². The summed E-state index contributed by atoms with van der Waals surface area (Å²) in [6.45, 7) is 1.85. The summed E-state index contributed by atoms with van der Waals surface area (Å²) in [6.07, 6.45) is 2.07. The Morgan fingerprint density at radius 1 is 1.11 bits per heavy atom. The number of rotatable bonds is 8. The third kappa shape index (κ3) is 6.60. The molecule has 0 atom stereocenters. The van der Waals surface area contributed by atoms with Crippen molar-refractivity contribution in [3.8, 4) is 5.75 Å². The number of methoxy groups -OCH3 is 1. The SMILES string of the molecule is COc1ccc(CCC(=O)OCCCC(C)=O)cc1. The first kappa shape index (κ1) is 15.2. The van der Waals surface area contributed by atoms with E-state index in [1.165, 1.54) is 6.92 Å². The third-order valence-corrected chi connectivity index (χ3v) is 2.71. The number of esters is 1. The predicted molar refractivity (Wildman–Crippen MR) is 72.2 cm³/mol. The van der Waals surface area contributed by atoms with Crippen LogP contribution in [0.25, 0.3) is 0 Å². The molecule has 0 N–H and O–H groups in total. The number of carbonyl (C=O) groups is 2. The zero-order valence-electron chi connectivity index (χ0n) is 11.5. The van der Waals surface area contributed by atoms with E-state index in [-0.39, 0.29) is 11.8 Å². The Labute approximate surface area is 113 Å². The van der Waals surface area contributed by atoms with Crippen molar-refractivity contribution in [2.75, 3.05) is 13.7 Å². The van der Waals surface area contributed by atoms with Crippen LogP contribution in [0.5, 0.6) is 5.75 Å². The van der Waals surface area contributed by atoms with Crippen LogP contribution in [-0.4, -0.2) is 25.5 Å². The summed E-state index contributed by atoms with van der Waals surface area (Å²) in [5.41, 5.74) is 1.07. The molecule has 0 aliphatic carbocycles. The number of Topliss-reactive ketones (excluding diaryl/α,β-unsaturated/α-hetero) is 1. The lowest BCUT2D eigenvalue weighted by Gasteiger charge is -2.05. The molecule has 0 fully saturated rings. The summed E-state index contributed by atoms with van der Waals surface area (Å²) < 4.78 is 10.1. The van der Waals surface area contributed by atoms with Crippen LogP contribution >= 0.6 is 0 Å². The number of hydrogen-bond donors (Lipinski definition) is 0. The molecule has 4 heteroatoms. The zero-order chi connectivity index (χ0) is 14.1. The van der Waals surface area contributed by atoms with Gasteiger partial charge in [0.1, 0.15) is 11.5 Å². The topological polar surface area (TPSA) is 52.6 Å². The van der Waals surface area contributed by atoms with Crippen molar-refractivity contribution in [2.24, 2.45) is 0 Å². The monoisotopic (exact) mass is 264 g/mol. The van der Waals surface area contributed by atoms with Gasteiger partial charge in [0, 0.05) is 12.8 Å². The summed E-state index contributed by atoms with van der Waals surface area (Å²) >= 11 is 0. The van der Waals surface area contributed by atoms with Gasteiger partial charge in [-0.15, -0.1) is 0 Å². The van der Waals surface area contributed by atoms with Gasteiger partial charge in [0.15, 0.2) is 0 Å². The van der Waals surface area contributed by atoms with Gasteiger partial charge in [-0.25, -0.2) is 0 Å². The summed E-state index contributed by atoms with van der Waals surface area (Å²) in [4.78, 5) is 22.2. The van der Waals surface area contributed by atoms with Crippen LogP contribution < -0.4 is 4.74 Å². The first-order valence-corrected chi connectivity index (χ1v) is 6.40. The molecule has 0 heterocycles. The normalized spacial score (nSPS) is 10.0. The van der Waals surface area contributed by atoms with Crippen molar-refractivity contribution < 1.29 is 19.1 Å². The molecule has 104 valence electrons.